The van der Waals surface area contributed by atoms with Crippen LogP contribution in [-0.2, 0) is 22.5 Å². The van der Waals surface area contributed by atoms with Crippen molar-refractivity contribution in [3.8, 4) is 17.2 Å². The van der Waals surface area contributed by atoms with E-state index in [0.29, 0.717) is 17.5 Å². The summed E-state index contributed by atoms with van der Waals surface area (Å²) in [6.45, 7) is 1.37. The van der Waals surface area contributed by atoms with Crippen LogP contribution in [0.5, 0.6) is 17.2 Å². The first-order valence-corrected chi connectivity index (χ1v) is 8.11. The van der Waals surface area contributed by atoms with Gasteiger partial charge >= 0.3 is 5.97 Å². The Bertz CT molecular complexity index is 827. The summed E-state index contributed by atoms with van der Waals surface area (Å²) < 4.78 is 16.2. The van der Waals surface area contributed by atoms with E-state index >= 15 is 0 Å². The fourth-order valence-corrected chi connectivity index (χ4v) is 3.08. The normalized spacial score (nSPS) is 15.7. The van der Waals surface area contributed by atoms with Crippen molar-refractivity contribution in [3.63, 3.8) is 0 Å². The first kappa shape index (κ1) is 18.0. The van der Waals surface area contributed by atoms with Gasteiger partial charge in [0.1, 0.15) is 22.8 Å². The number of carbonyl (C=O) groups excluding carboxylic acids is 1. The predicted molar refractivity (Wildman–Crippen MR) is 91.2 cm³/mol. The van der Waals surface area contributed by atoms with Crippen LogP contribution < -0.4 is 4.74 Å². The first-order chi connectivity index (χ1) is 12.5. The number of fused-ring (bicyclic) bond motifs is 1. The molecule has 0 saturated heterocycles. The Morgan fingerprint density at radius 3 is 2.50 bits per heavy atom. The van der Waals surface area contributed by atoms with E-state index in [0.717, 1.165) is 5.56 Å². The zero-order valence-corrected chi connectivity index (χ0v) is 14.5. The number of aromatic hydroxyl groups is 2. The lowest BCUT2D eigenvalue weighted by Crippen LogP contribution is -2.09. The standard InChI is InChI=1S/C19H20O7/c1-10-16(22)13(9-20)14-15(17(10)24-2)18(23)26-19(14)25-8-7-11-3-5-12(21)6-4-11/h3-6,19-22H,7-9H2,1-2H3. The number of aliphatic hydroxyl groups excluding tert-OH is 1. The maximum absolute atomic E-state index is 12.3. The molecular formula is C19H20O7. The third-order valence-electron chi connectivity index (χ3n) is 4.42. The Hall–Kier alpha value is -2.77. The van der Waals surface area contributed by atoms with Gasteiger partial charge in [-0.15, -0.1) is 0 Å². The maximum atomic E-state index is 12.3. The Morgan fingerprint density at radius 2 is 1.88 bits per heavy atom. The molecule has 3 rings (SSSR count). The Balaban J connectivity index is 1.85. The quantitative estimate of drug-likeness (QED) is 0.679. The maximum Gasteiger partial charge on any atom is 0.345 e. The largest absolute Gasteiger partial charge is 0.508 e. The molecule has 0 fully saturated rings. The van der Waals surface area contributed by atoms with E-state index in [1.807, 2.05) is 0 Å². The summed E-state index contributed by atoms with van der Waals surface area (Å²) in [5.74, 6) is -0.374. The van der Waals surface area contributed by atoms with Gasteiger partial charge < -0.3 is 29.5 Å². The van der Waals surface area contributed by atoms with E-state index in [4.69, 9.17) is 14.2 Å². The lowest BCUT2D eigenvalue weighted by molar-refractivity contribution is -0.103. The number of phenolic OH excluding ortho intramolecular Hbond substituents is 1. The van der Waals surface area contributed by atoms with Crippen LogP contribution in [0.2, 0.25) is 0 Å². The van der Waals surface area contributed by atoms with Crippen LogP contribution in [0.3, 0.4) is 0 Å². The van der Waals surface area contributed by atoms with Crippen molar-refractivity contribution in [3.05, 3.63) is 52.1 Å². The van der Waals surface area contributed by atoms with Crippen molar-refractivity contribution >= 4 is 5.97 Å². The number of hydrogen-bond acceptors (Lipinski definition) is 7. The van der Waals surface area contributed by atoms with E-state index in [-0.39, 0.29) is 35.0 Å². The third kappa shape index (κ3) is 3.07. The SMILES string of the molecule is COc1c(C)c(O)c(CO)c2c1C(=O)OC2OCCc1ccc(O)cc1. The van der Waals surface area contributed by atoms with Crippen LogP contribution in [0.1, 0.15) is 38.9 Å². The lowest BCUT2D eigenvalue weighted by atomic mass is 9.96. The molecule has 0 amide bonds. The molecule has 1 atom stereocenters. The van der Waals surface area contributed by atoms with Gasteiger partial charge in [-0.1, -0.05) is 12.1 Å². The minimum absolute atomic E-state index is 0.145. The second kappa shape index (κ2) is 7.23. The van der Waals surface area contributed by atoms with Gasteiger partial charge in [0.25, 0.3) is 0 Å². The van der Waals surface area contributed by atoms with Crippen molar-refractivity contribution in [2.45, 2.75) is 26.2 Å². The molecule has 1 aliphatic rings. The van der Waals surface area contributed by atoms with Crippen LogP contribution >= 0.6 is 0 Å². The van der Waals surface area contributed by atoms with Gasteiger partial charge in [0.05, 0.1) is 20.3 Å². The highest BCUT2D eigenvalue weighted by atomic mass is 16.7. The number of hydrogen-bond donors (Lipinski definition) is 3. The molecule has 1 heterocycles. The molecule has 26 heavy (non-hydrogen) atoms. The van der Waals surface area contributed by atoms with Gasteiger partial charge in [0, 0.05) is 16.7 Å². The Morgan fingerprint density at radius 1 is 1.19 bits per heavy atom. The highest BCUT2D eigenvalue weighted by Crippen LogP contribution is 2.46. The van der Waals surface area contributed by atoms with Crippen molar-refractivity contribution < 1.29 is 34.3 Å². The molecule has 0 aliphatic carbocycles. The topological polar surface area (TPSA) is 105 Å². The molecule has 1 aliphatic heterocycles. The highest BCUT2D eigenvalue weighted by Gasteiger charge is 2.39. The van der Waals surface area contributed by atoms with Crippen molar-refractivity contribution in [2.75, 3.05) is 13.7 Å². The molecule has 0 radical (unpaired) electrons. The van der Waals surface area contributed by atoms with Crippen LogP contribution in [0.4, 0.5) is 0 Å². The molecule has 2 aromatic rings. The van der Waals surface area contributed by atoms with Crippen LogP contribution in [-0.4, -0.2) is 35.0 Å². The fourth-order valence-electron chi connectivity index (χ4n) is 3.08. The van der Waals surface area contributed by atoms with E-state index in [2.05, 4.69) is 0 Å². The van der Waals surface area contributed by atoms with Crippen molar-refractivity contribution in [1.82, 2.24) is 0 Å². The summed E-state index contributed by atoms with van der Waals surface area (Å²) in [7, 11) is 1.40. The average molecular weight is 360 g/mol. The van der Waals surface area contributed by atoms with Gasteiger partial charge in [-0.25, -0.2) is 4.79 Å². The van der Waals surface area contributed by atoms with Gasteiger partial charge in [0.15, 0.2) is 0 Å². The number of rotatable bonds is 6. The molecule has 138 valence electrons. The molecule has 7 heteroatoms. The third-order valence-corrected chi connectivity index (χ3v) is 4.42. The van der Waals surface area contributed by atoms with Crippen molar-refractivity contribution in [1.29, 1.82) is 0 Å². The summed E-state index contributed by atoms with van der Waals surface area (Å²) >= 11 is 0. The molecule has 1 unspecified atom stereocenters. The van der Waals surface area contributed by atoms with E-state index in [1.54, 1.807) is 31.2 Å². The number of ether oxygens (including phenoxy) is 3. The monoisotopic (exact) mass is 360 g/mol. The second-order valence-electron chi connectivity index (χ2n) is 5.96. The smallest absolute Gasteiger partial charge is 0.345 e. The highest BCUT2D eigenvalue weighted by molar-refractivity contribution is 5.98. The minimum Gasteiger partial charge on any atom is -0.508 e. The van der Waals surface area contributed by atoms with Gasteiger partial charge in [-0.05, 0) is 31.0 Å². The molecule has 0 bridgehead atoms. The number of benzene rings is 2. The number of methoxy groups -OCH3 is 1. The van der Waals surface area contributed by atoms with Gasteiger partial charge in [0.2, 0.25) is 6.29 Å². The zero-order valence-electron chi connectivity index (χ0n) is 14.5. The molecule has 3 N–H and O–H groups in total. The van der Waals surface area contributed by atoms with Crippen LogP contribution in [0, 0.1) is 6.92 Å². The zero-order chi connectivity index (χ0) is 18.8. The minimum atomic E-state index is -1.03. The molecular weight excluding hydrogens is 340 g/mol. The molecule has 0 saturated carbocycles. The van der Waals surface area contributed by atoms with E-state index in [9.17, 15) is 20.1 Å². The molecule has 0 spiro atoms. The van der Waals surface area contributed by atoms with Crippen molar-refractivity contribution in [2.24, 2.45) is 0 Å². The average Bonchev–Trinajstić information content (AvgIpc) is 2.94. The summed E-state index contributed by atoms with van der Waals surface area (Å²) in [5.41, 5.74) is 1.96. The number of esters is 1. The van der Waals surface area contributed by atoms with E-state index < -0.39 is 18.9 Å². The van der Waals surface area contributed by atoms with Gasteiger partial charge in [-0.2, -0.15) is 0 Å². The molecule has 7 nitrogen and oxygen atoms in total. The van der Waals surface area contributed by atoms with Crippen LogP contribution in [0.25, 0.3) is 0 Å². The fraction of sp³-hybridized carbons (Fsp3) is 0.316. The first-order valence-electron chi connectivity index (χ1n) is 8.11. The summed E-state index contributed by atoms with van der Waals surface area (Å²) in [6.07, 6.45) is -0.496. The van der Waals surface area contributed by atoms with E-state index in [1.165, 1.54) is 7.11 Å². The van der Waals surface area contributed by atoms with Gasteiger partial charge in [-0.3, -0.25) is 0 Å². The molecule has 2 aromatic carbocycles. The number of phenols is 2. The summed E-state index contributed by atoms with van der Waals surface area (Å²) in [4.78, 5) is 12.3. The number of aliphatic hydroxyl groups is 1. The molecule has 0 aromatic heterocycles. The summed E-state index contributed by atoms with van der Waals surface area (Å²) in [5, 5.41) is 29.3. The Kier molecular flexibility index (Phi) is 5.01. The Labute approximate surface area is 150 Å². The second-order valence-corrected chi connectivity index (χ2v) is 5.96. The predicted octanol–water partition coefficient (Wildman–Crippen LogP) is 2.34. The summed E-state index contributed by atoms with van der Waals surface area (Å²) in [6, 6.07) is 6.70. The lowest BCUT2D eigenvalue weighted by Gasteiger charge is -2.18. The number of carbonyl (C=O) groups is 1. The van der Waals surface area contributed by atoms with Crippen LogP contribution in [0.15, 0.2) is 24.3 Å². The number of cyclic esters (lactones) is 1.